The van der Waals surface area contributed by atoms with Gasteiger partial charge in [-0.3, -0.25) is 4.99 Å². The van der Waals surface area contributed by atoms with E-state index in [0.717, 1.165) is 29.1 Å². The van der Waals surface area contributed by atoms with Crippen LogP contribution in [0.5, 0.6) is 5.75 Å². The van der Waals surface area contributed by atoms with Crippen molar-refractivity contribution in [2.45, 2.75) is 18.6 Å². The van der Waals surface area contributed by atoms with E-state index in [1.54, 1.807) is 13.1 Å². The molecule has 2 aromatic carbocycles. The zero-order chi connectivity index (χ0) is 22.2. The quantitative estimate of drug-likeness (QED) is 0.771. The minimum absolute atomic E-state index is 0.133. The first-order chi connectivity index (χ1) is 14.7. The topological polar surface area (TPSA) is 65.4 Å². The smallest absolute Gasteiger partial charge is 0.416 e. The number of amidine groups is 1. The van der Waals surface area contributed by atoms with Gasteiger partial charge in [-0.05, 0) is 41.8 Å². The summed E-state index contributed by atoms with van der Waals surface area (Å²) in [4.78, 5) is 19.3. The monoisotopic (exact) mass is 433 g/mol. The van der Waals surface area contributed by atoms with Crippen LogP contribution in [-0.4, -0.2) is 66.2 Å². The summed E-state index contributed by atoms with van der Waals surface area (Å²) in [5.74, 6) is 1.38. The minimum Gasteiger partial charge on any atom is -0.491 e. The molecule has 2 aliphatic heterocycles. The van der Waals surface area contributed by atoms with E-state index < -0.39 is 17.8 Å². The second-order valence-electron chi connectivity index (χ2n) is 7.62. The van der Waals surface area contributed by atoms with Gasteiger partial charge in [0.15, 0.2) is 0 Å². The van der Waals surface area contributed by atoms with Crippen LogP contribution in [0, 0.1) is 0 Å². The van der Waals surface area contributed by atoms with Crippen molar-refractivity contribution in [3.63, 3.8) is 0 Å². The lowest BCUT2D eigenvalue weighted by Gasteiger charge is -2.24. The highest BCUT2D eigenvalue weighted by Crippen LogP contribution is 2.33. The Kier molecular flexibility index (Phi) is 5.51. The Hall–Kier alpha value is -3.23. The summed E-state index contributed by atoms with van der Waals surface area (Å²) in [5, 5.41) is 9.26. The number of rotatable bonds is 2. The number of nitrogens with zero attached hydrogens (tertiary/aromatic N) is 3. The number of likely N-dealkylation sites (tertiary alicyclic amines) is 1. The molecule has 1 unspecified atom stereocenters. The first kappa shape index (κ1) is 21.0. The third-order valence-electron chi connectivity index (χ3n) is 5.69. The number of hydrogen-bond acceptors (Lipinski definition) is 4. The van der Waals surface area contributed by atoms with Crippen molar-refractivity contribution in [1.82, 2.24) is 9.80 Å². The first-order valence-electron chi connectivity index (χ1n) is 9.94. The molecule has 31 heavy (non-hydrogen) atoms. The number of carboxylic acid groups (broad SMARTS) is 1. The summed E-state index contributed by atoms with van der Waals surface area (Å²) < 4.78 is 44.4. The molecular formula is C22H22F3N3O3. The molecule has 1 fully saturated rings. The van der Waals surface area contributed by atoms with Gasteiger partial charge in [0.05, 0.1) is 23.7 Å². The molecule has 0 aliphatic carbocycles. The van der Waals surface area contributed by atoms with Crippen LogP contribution in [0.3, 0.4) is 0 Å². The van der Waals surface area contributed by atoms with Gasteiger partial charge in [-0.2, -0.15) is 13.2 Å². The van der Waals surface area contributed by atoms with Gasteiger partial charge >= 0.3 is 12.3 Å². The van der Waals surface area contributed by atoms with Crippen LogP contribution in [0.25, 0.3) is 11.1 Å². The molecule has 0 bridgehead atoms. The van der Waals surface area contributed by atoms with Gasteiger partial charge in [0.1, 0.15) is 18.2 Å². The maximum absolute atomic E-state index is 12.9. The summed E-state index contributed by atoms with van der Waals surface area (Å²) in [6.07, 6.45) is -4.66. The number of carbonyl (C=O) groups is 1. The second-order valence-corrected chi connectivity index (χ2v) is 7.62. The van der Waals surface area contributed by atoms with Crippen LogP contribution in [0.2, 0.25) is 0 Å². The molecule has 0 radical (unpaired) electrons. The van der Waals surface area contributed by atoms with Gasteiger partial charge in [0.2, 0.25) is 0 Å². The number of benzene rings is 2. The summed E-state index contributed by atoms with van der Waals surface area (Å²) in [7, 11) is 1.56. The Balaban J connectivity index is 1.64. The van der Waals surface area contributed by atoms with Crippen molar-refractivity contribution in [2.75, 3.05) is 33.3 Å². The number of hydrogen-bond donors (Lipinski definition) is 1. The number of likely N-dealkylation sites (N-methyl/N-ethyl adjacent to an activating group) is 1. The standard InChI is InChI=1S/C22H22F3N3O3/c1-27(21(29)30)17-8-10-28(13-17)20-18-12-15(4-7-19(18)31-11-9-26-20)14-2-5-16(6-3-14)22(23,24)25/h2-7,12,17H,8-11,13H2,1H3,(H,29,30). The predicted octanol–water partition coefficient (Wildman–Crippen LogP) is 4.20. The summed E-state index contributed by atoms with van der Waals surface area (Å²) in [6, 6.07) is 10.4. The normalized spacial score (nSPS) is 18.6. The highest BCUT2D eigenvalue weighted by molar-refractivity contribution is 6.02. The third kappa shape index (κ3) is 4.30. The highest BCUT2D eigenvalue weighted by Gasteiger charge is 2.32. The summed E-state index contributed by atoms with van der Waals surface area (Å²) in [6.45, 7) is 2.06. The lowest BCUT2D eigenvalue weighted by Crippen LogP contribution is -2.39. The minimum atomic E-state index is -4.38. The molecule has 2 aliphatic rings. The molecule has 0 spiro atoms. The lowest BCUT2D eigenvalue weighted by atomic mass is 10.00. The van der Waals surface area contributed by atoms with E-state index in [1.165, 1.54) is 17.0 Å². The SMILES string of the molecule is CN(C(=O)O)C1CCN(C2=NCCOc3ccc(-c4ccc(C(F)(F)F)cc4)cc32)C1. The Morgan fingerprint density at radius 2 is 1.90 bits per heavy atom. The molecule has 1 saturated heterocycles. The number of fused-ring (bicyclic) bond motifs is 1. The van der Waals surface area contributed by atoms with Crippen molar-refractivity contribution in [3.05, 3.63) is 53.6 Å². The van der Waals surface area contributed by atoms with Crippen LogP contribution in [-0.2, 0) is 6.18 Å². The van der Waals surface area contributed by atoms with Gasteiger partial charge in [-0.15, -0.1) is 0 Å². The van der Waals surface area contributed by atoms with E-state index in [0.29, 0.717) is 44.0 Å². The second kappa shape index (κ2) is 8.13. The predicted molar refractivity (Wildman–Crippen MR) is 110 cm³/mol. The van der Waals surface area contributed by atoms with Crippen molar-refractivity contribution >= 4 is 11.9 Å². The fourth-order valence-corrected chi connectivity index (χ4v) is 3.93. The van der Waals surface area contributed by atoms with Crippen LogP contribution in [0.15, 0.2) is 47.5 Å². The molecule has 4 rings (SSSR count). The van der Waals surface area contributed by atoms with E-state index >= 15 is 0 Å². The number of aliphatic imine (C=N–C) groups is 1. The average Bonchev–Trinajstić information content (AvgIpc) is 3.13. The summed E-state index contributed by atoms with van der Waals surface area (Å²) in [5.41, 5.74) is 1.48. The maximum atomic E-state index is 12.9. The molecule has 2 heterocycles. The fraction of sp³-hybridized carbons (Fsp3) is 0.364. The van der Waals surface area contributed by atoms with Crippen molar-refractivity contribution in [2.24, 2.45) is 4.99 Å². The zero-order valence-corrected chi connectivity index (χ0v) is 16.9. The van der Waals surface area contributed by atoms with Gasteiger partial charge in [0, 0.05) is 20.1 Å². The lowest BCUT2D eigenvalue weighted by molar-refractivity contribution is -0.137. The number of ether oxygens (including phenoxy) is 1. The number of halogens is 3. The molecule has 0 saturated carbocycles. The Morgan fingerprint density at radius 3 is 2.58 bits per heavy atom. The Morgan fingerprint density at radius 1 is 1.19 bits per heavy atom. The fourth-order valence-electron chi connectivity index (χ4n) is 3.93. The van der Waals surface area contributed by atoms with Gasteiger partial charge < -0.3 is 19.6 Å². The van der Waals surface area contributed by atoms with Crippen LogP contribution >= 0.6 is 0 Å². The molecule has 0 aromatic heterocycles. The van der Waals surface area contributed by atoms with Gasteiger partial charge in [-0.25, -0.2) is 4.79 Å². The van der Waals surface area contributed by atoms with E-state index in [2.05, 4.69) is 4.99 Å². The maximum Gasteiger partial charge on any atom is 0.416 e. The molecular weight excluding hydrogens is 411 g/mol. The van der Waals surface area contributed by atoms with Crippen LogP contribution in [0.1, 0.15) is 17.5 Å². The molecule has 1 amide bonds. The number of alkyl halides is 3. The average molecular weight is 433 g/mol. The van der Waals surface area contributed by atoms with E-state index in [4.69, 9.17) is 4.74 Å². The molecule has 2 aromatic rings. The highest BCUT2D eigenvalue weighted by atomic mass is 19.4. The van der Waals surface area contributed by atoms with Crippen LogP contribution in [0.4, 0.5) is 18.0 Å². The van der Waals surface area contributed by atoms with Gasteiger partial charge in [-0.1, -0.05) is 18.2 Å². The third-order valence-corrected chi connectivity index (χ3v) is 5.69. The van der Waals surface area contributed by atoms with Crippen molar-refractivity contribution < 1.29 is 27.8 Å². The Labute approximate surface area is 177 Å². The number of amides is 1. The van der Waals surface area contributed by atoms with E-state index in [1.807, 2.05) is 17.0 Å². The van der Waals surface area contributed by atoms with Crippen molar-refractivity contribution in [1.29, 1.82) is 0 Å². The van der Waals surface area contributed by atoms with E-state index in [9.17, 15) is 23.1 Å². The van der Waals surface area contributed by atoms with E-state index in [-0.39, 0.29) is 6.04 Å². The molecule has 164 valence electrons. The van der Waals surface area contributed by atoms with Crippen LogP contribution < -0.4 is 4.74 Å². The molecule has 9 heteroatoms. The molecule has 1 atom stereocenters. The summed E-state index contributed by atoms with van der Waals surface area (Å²) >= 11 is 0. The molecule has 6 nitrogen and oxygen atoms in total. The first-order valence-corrected chi connectivity index (χ1v) is 9.94. The largest absolute Gasteiger partial charge is 0.491 e. The van der Waals surface area contributed by atoms with Crippen molar-refractivity contribution in [3.8, 4) is 16.9 Å². The molecule has 1 N–H and O–H groups in total. The van der Waals surface area contributed by atoms with Gasteiger partial charge in [0.25, 0.3) is 0 Å². The Bertz CT molecular complexity index is 1010. The zero-order valence-electron chi connectivity index (χ0n) is 16.9.